The van der Waals surface area contributed by atoms with E-state index in [1.54, 1.807) is 6.08 Å². The summed E-state index contributed by atoms with van der Waals surface area (Å²) >= 11 is 0. The maximum Gasteiger partial charge on any atom is 0.324 e. The second-order valence-corrected chi connectivity index (χ2v) is 3.14. The molecule has 0 saturated carbocycles. The van der Waals surface area contributed by atoms with Crippen LogP contribution in [-0.4, -0.2) is 17.1 Å². The van der Waals surface area contributed by atoms with E-state index in [9.17, 15) is 4.79 Å². The van der Waals surface area contributed by atoms with Gasteiger partial charge in [-0.05, 0) is 12.8 Å². The lowest BCUT2D eigenvalue weighted by Gasteiger charge is -1.98. The van der Waals surface area contributed by atoms with Crippen LogP contribution in [0.1, 0.15) is 39.0 Å². The van der Waals surface area contributed by atoms with Crippen molar-refractivity contribution < 1.29 is 9.90 Å². The van der Waals surface area contributed by atoms with E-state index in [1.165, 1.54) is 19.3 Å². The molecule has 3 N–H and O–H groups in total. The van der Waals surface area contributed by atoms with Gasteiger partial charge < -0.3 is 10.8 Å². The minimum atomic E-state index is -0.968. The molecule has 3 nitrogen and oxygen atoms in total. The first kappa shape index (κ1) is 12.2. The summed E-state index contributed by atoms with van der Waals surface area (Å²) in [5, 5.41) is 8.45. The van der Waals surface area contributed by atoms with Crippen molar-refractivity contribution in [1.29, 1.82) is 0 Å². The van der Waals surface area contributed by atoms with Crippen LogP contribution >= 0.6 is 0 Å². The van der Waals surface area contributed by atoms with Crippen LogP contribution in [0.15, 0.2) is 12.2 Å². The van der Waals surface area contributed by atoms with Crippen LogP contribution in [-0.2, 0) is 4.79 Å². The minimum Gasteiger partial charge on any atom is -0.480 e. The number of unbranched alkanes of at least 4 members (excludes halogenated alkanes) is 4. The van der Waals surface area contributed by atoms with E-state index in [1.807, 2.05) is 6.08 Å². The van der Waals surface area contributed by atoms with Gasteiger partial charge in [0.1, 0.15) is 6.04 Å². The van der Waals surface area contributed by atoms with E-state index in [2.05, 4.69) is 6.92 Å². The molecule has 0 aliphatic rings. The van der Waals surface area contributed by atoms with Gasteiger partial charge in [-0.3, -0.25) is 4.79 Å². The largest absolute Gasteiger partial charge is 0.480 e. The predicted octanol–water partition coefficient (Wildman–Crippen LogP) is 1.92. The van der Waals surface area contributed by atoms with Crippen LogP contribution in [0.2, 0.25) is 0 Å². The van der Waals surface area contributed by atoms with Gasteiger partial charge in [0.2, 0.25) is 0 Å². The molecule has 0 aromatic heterocycles. The Morgan fingerprint density at radius 2 is 2.15 bits per heavy atom. The number of nitrogens with two attached hydrogens (primary N) is 1. The maximum absolute atomic E-state index is 10.3. The molecule has 0 aliphatic heterocycles. The molecule has 0 fully saturated rings. The SMILES string of the molecule is CCCCCC/C=C\C(N)C(=O)O. The Labute approximate surface area is 79.6 Å². The van der Waals surface area contributed by atoms with Crippen LogP contribution in [0.3, 0.4) is 0 Å². The summed E-state index contributed by atoms with van der Waals surface area (Å²) < 4.78 is 0. The number of allylic oxidation sites excluding steroid dienone is 1. The lowest BCUT2D eigenvalue weighted by Crippen LogP contribution is -2.27. The van der Waals surface area contributed by atoms with E-state index in [0.717, 1.165) is 12.8 Å². The zero-order valence-corrected chi connectivity index (χ0v) is 8.20. The van der Waals surface area contributed by atoms with Crippen LogP contribution in [0.5, 0.6) is 0 Å². The van der Waals surface area contributed by atoms with Crippen molar-refractivity contribution in [3.63, 3.8) is 0 Å². The number of carboxylic acid groups (broad SMARTS) is 1. The van der Waals surface area contributed by atoms with Gasteiger partial charge in [0.15, 0.2) is 0 Å². The van der Waals surface area contributed by atoms with Gasteiger partial charge in [-0.1, -0.05) is 38.3 Å². The van der Waals surface area contributed by atoms with Crippen molar-refractivity contribution in [1.82, 2.24) is 0 Å². The predicted molar refractivity (Wildman–Crippen MR) is 53.5 cm³/mol. The molecule has 0 spiro atoms. The third-order valence-electron chi connectivity index (χ3n) is 1.85. The zero-order chi connectivity index (χ0) is 10.1. The van der Waals surface area contributed by atoms with Crippen molar-refractivity contribution in [2.75, 3.05) is 0 Å². The number of hydrogen-bond donors (Lipinski definition) is 2. The fourth-order valence-corrected chi connectivity index (χ4v) is 1.01. The highest BCUT2D eigenvalue weighted by Gasteiger charge is 2.04. The van der Waals surface area contributed by atoms with Gasteiger partial charge in [-0.25, -0.2) is 0 Å². The molecule has 0 bridgehead atoms. The average Bonchev–Trinajstić information content (AvgIpc) is 2.10. The van der Waals surface area contributed by atoms with Crippen LogP contribution < -0.4 is 5.73 Å². The molecular weight excluding hydrogens is 166 g/mol. The molecule has 0 aromatic rings. The number of carbonyl (C=O) groups is 1. The maximum atomic E-state index is 10.3. The smallest absolute Gasteiger partial charge is 0.324 e. The first-order valence-electron chi connectivity index (χ1n) is 4.83. The highest BCUT2D eigenvalue weighted by molar-refractivity contribution is 5.75. The topological polar surface area (TPSA) is 63.3 Å². The number of aliphatic carboxylic acids is 1. The van der Waals surface area contributed by atoms with E-state index >= 15 is 0 Å². The fraction of sp³-hybridized carbons (Fsp3) is 0.700. The first-order valence-corrected chi connectivity index (χ1v) is 4.83. The van der Waals surface area contributed by atoms with Crippen molar-refractivity contribution >= 4 is 5.97 Å². The summed E-state index contributed by atoms with van der Waals surface area (Å²) in [4.78, 5) is 10.3. The van der Waals surface area contributed by atoms with Crippen molar-refractivity contribution in [2.24, 2.45) is 5.73 Å². The zero-order valence-electron chi connectivity index (χ0n) is 8.20. The molecular formula is C10H19NO2. The summed E-state index contributed by atoms with van der Waals surface area (Å²) in [6.07, 6.45) is 9.14. The van der Waals surface area contributed by atoms with Gasteiger partial charge in [-0.2, -0.15) is 0 Å². The van der Waals surface area contributed by atoms with Crippen LogP contribution in [0.25, 0.3) is 0 Å². The molecule has 1 atom stereocenters. The molecule has 1 unspecified atom stereocenters. The van der Waals surface area contributed by atoms with Gasteiger partial charge >= 0.3 is 5.97 Å². The normalized spacial score (nSPS) is 13.4. The van der Waals surface area contributed by atoms with Crippen LogP contribution in [0.4, 0.5) is 0 Å². The minimum absolute atomic E-state index is 0.842. The monoisotopic (exact) mass is 185 g/mol. The molecule has 0 saturated heterocycles. The standard InChI is InChI=1S/C10H19NO2/c1-2-3-4-5-6-7-8-9(11)10(12)13/h7-9H,2-6,11H2,1H3,(H,12,13)/b8-7-. The summed E-state index contributed by atoms with van der Waals surface area (Å²) in [6, 6.07) is -0.842. The molecule has 0 aliphatic carbocycles. The molecule has 76 valence electrons. The van der Waals surface area contributed by atoms with Gasteiger partial charge in [0.05, 0.1) is 0 Å². The van der Waals surface area contributed by atoms with Gasteiger partial charge in [-0.15, -0.1) is 0 Å². The van der Waals surface area contributed by atoms with E-state index in [4.69, 9.17) is 10.8 Å². The van der Waals surface area contributed by atoms with E-state index in [0.29, 0.717) is 0 Å². The van der Waals surface area contributed by atoms with Crippen molar-refractivity contribution in [2.45, 2.75) is 45.1 Å². The highest BCUT2D eigenvalue weighted by Crippen LogP contribution is 2.02. The fourth-order valence-electron chi connectivity index (χ4n) is 1.01. The molecule has 0 aromatic carbocycles. The summed E-state index contributed by atoms with van der Waals surface area (Å²) in [5.74, 6) is -0.968. The Morgan fingerprint density at radius 1 is 1.46 bits per heavy atom. The quantitative estimate of drug-likeness (QED) is 0.470. The molecule has 0 amide bonds. The molecule has 13 heavy (non-hydrogen) atoms. The van der Waals surface area contributed by atoms with Crippen molar-refractivity contribution in [3.8, 4) is 0 Å². The first-order chi connectivity index (χ1) is 6.18. The lowest BCUT2D eigenvalue weighted by molar-refractivity contribution is -0.137. The summed E-state index contributed by atoms with van der Waals surface area (Å²) in [7, 11) is 0. The Hall–Kier alpha value is -0.830. The summed E-state index contributed by atoms with van der Waals surface area (Å²) in [6.45, 7) is 2.16. The number of hydrogen-bond acceptors (Lipinski definition) is 2. The molecule has 3 heteroatoms. The molecule has 0 heterocycles. The Bertz CT molecular complexity index is 166. The van der Waals surface area contributed by atoms with E-state index < -0.39 is 12.0 Å². The van der Waals surface area contributed by atoms with Crippen LogP contribution in [0, 0.1) is 0 Å². The second-order valence-electron chi connectivity index (χ2n) is 3.14. The van der Waals surface area contributed by atoms with Gasteiger partial charge in [0.25, 0.3) is 0 Å². The Morgan fingerprint density at radius 3 is 2.69 bits per heavy atom. The van der Waals surface area contributed by atoms with Gasteiger partial charge in [0, 0.05) is 0 Å². The van der Waals surface area contributed by atoms with E-state index in [-0.39, 0.29) is 0 Å². The number of rotatable bonds is 7. The Kier molecular flexibility index (Phi) is 7.30. The molecule has 0 radical (unpaired) electrons. The third-order valence-corrected chi connectivity index (χ3v) is 1.85. The number of carboxylic acids is 1. The second kappa shape index (κ2) is 7.80. The summed E-state index contributed by atoms with van der Waals surface area (Å²) in [5.41, 5.74) is 5.27. The lowest BCUT2D eigenvalue weighted by atomic mass is 10.1. The van der Waals surface area contributed by atoms with Crippen molar-refractivity contribution in [3.05, 3.63) is 12.2 Å². The molecule has 0 rings (SSSR count). The average molecular weight is 185 g/mol. The Balaban J connectivity index is 3.35. The third kappa shape index (κ3) is 7.53. The highest BCUT2D eigenvalue weighted by atomic mass is 16.4.